The number of aromatic nitrogens is 1. The molecule has 24 heavy (non-hydrogen) atoms. The first-order chi connectivity index (χ1) is 11.5. The van der Waals surface area contributed by atoms with E-state index < -0.39 is 0 Å². The van der Waals surface area contributed by atoms with E-state index in [-0.39, 0.29) is 12.5 Å². The van der Waals surface area contributed by atoms with E-state index in [1.54, 1.807) is 6.20 Å². The van der Waals surface area contributed by atoms with Crippen LogP contribution in [-0.4, -0.2) is 17.4 Å². The number of hydrogen-bond acceptors (Lipinski definition) is 3. The number of anilines is 2. The standard InChI is InChI=1S/C19H18ClN3O/c1-12-9-13(2)18(15(20)10-12)22-11-17(24)23-16-7-3-5-14-6-4-8-21-19(14)16/h3-10,22H,11H2,1-2H3,(H,23,24). The lowest BCUT2D eigenvalue weighted by molar-refractivity contribution is -0.114. The van der Waals surface area contributed by atoms with Crippen LogP contribution >= 0.6 is 11.6 Å². The van der Waals surface area contributed by atoms with Gasteiger partial charge in [0.05, 0.1) is 28.5 Å². The molecule has 0 fully saturated rings. The van der Waals surface area contributed by atoms with Gasteiger partial charge in [0.15, 0.2) is 0 Å². The molecule has 0 saturated heterocycles. The molecule has 4 nitrogen and oxygen atoms in total. The molecule has 0 bridgehead atoms. The number of aryl methyl sites for hydroxylation is 2. The number of benzene rings is 2. The van der Waals surface area contributed by atoms with Crippen LogP contribution in [0.4, 0.5) is 11.4 Å². The first-order valence-corrected chi connectivity index (χ1v) is 8.06. The highest BCUT2D eigenvalue weighted by Crippen LogP contribution is 2.27. The topological polar surface area (TPSA) is 54.0 Å². The molecule has 2 N–H and O–H groups in total. The molecule has 5 heteroatoms. The SMILES string of the molecule is Cc1cc(C)c(NCC(=O)Nc2cccc3cccnc23)c(Cl)c1. The minimum absolute atomic E-state index is 0.132. The number of hydrogen-bond donors (Lipinski definition) is 2. The summed E-state index contributed by atoms with van der Waals surface area (Å²) < 4.78 is 0. The molecule has 1 amide bonds. The number of fused-ring (bicyclic) bond motifs is 1. The maximum Gasteiger partial charge on any atom is 0.243 e. The molecule has 0 radical (unpaired) electrons. The minimum Gasteiger partial charge on any atom is -0.375 e. The van der Waals surface area contributed by atoms with Gasteiger partial charge in [0.1, 0.15) is 0 Å². The summed E-state index contributed by atoms with van der Waals surface area (Å²) in [6.45, 7) is 4.09. The van der Waals surface area contributed by atoms with Crippen molar-refractivity contribution in [3.8, 4) is 0 Å². The number of nitrogens with zero attached hydrogens (tertiary/aromatic N) is 1. The summed E-state index contributed by atoms with van der Waals surface area (Å²) >= 11 is 6.25. The highest BCUT2D eigenvalue weighted by Gasteiger charge is 2.09. The Morgan fingerprint density at radius 3 is 2.75 bits per heavy atom. The minimum atomic E-state index is -0.149. The molecule has 122 valence electrons. The normalized spacial score (nSPS) is 10.6. The molecular formula is C19H18ClN3O. The number of halogens is 1. The van der Waals surface area contributed by atoms with E-state index in [9.17, 15) is 4.79 Å². The molecule has 0 saturated carbocycles. The average Bonchev–Trinajstić information content (AvgIpc) is 2.54. The Hall–Kier alpha value is -2.59. The van der Waals surface area contributed by atoms with Gasteiger partial charge < -0.3 is 10.6 Å². The van der Waals surface area contributed by atoms with E-state index >= 15 is 0 Å². The first-order valence-electron chi connectivity index (χ1n) is 7.69. The van der Waals surface area contributed by atoms with Gasteiger partial charge in [0, 0.05) is 11.6 Å². The van der Waals surface area contributed by atoms with Crippen LogP contribution in [0.1, 0.15) is 11.1 Å². The van der Waals surface area contributed by atoms with E-state index in [1.807, 2.05) is 56.3 Å². The number of amides is 1. The predicted octanol–water partition coefficient (Wildman–Crippen LogP) is 4.56. The number of pyridine rings is 1. The molecule has 0 aliphatic rings. The van der Waals surface area contributed by atoms with Gasteiger partial charge in [0.25, 0.3) is 0 Å². The molecule has 0 unspecified atom stereocenters. The van der Waals surface area contributed by atoms with Crippen molar-refractivity contribution < 1.29 is 4.79 Å². The van der Waals surface area contributed by atoms with Crippen molar-refractivity contribution >= 4 is 39.8 Å². The van der Waals surface area contributed by atoms with Gasteiger partial charge in [-0.3, -0.25) is 9.78 Å². The van der Waals surface area contributed by atoms with Crippen LogP contribution < -0.4 is 10.6 Å². The van der Waals surface area contributed by atoms with Gasteiger partial charge in [-0.1, -0.05) is 35.9 Å². The van der Waals surface area contributed by atoms with E-state index in [2.05, 4.69) is 15.6 Å². The number of para-hydroxylation sites is 1. The van der Waals surface area contributed by atoms with Crippen molar-refractivity contribution in [2.75, 3.05) is 17.2 Å². The van der Waals surface area contributed by atoms with Crippen molar-refractivity contribution in [3.63, 3.8) is 0 Å². The number of carbonyl (C=O) groups is 1. The van der Waals surface area contributed by atoms with Crippen molar-refractivity contribution in [3.05, 3.63) is 64.8 Å². The second kappa shape index (κ2) is 6.89. The van der Waals surface area contributed by atoms with Crippen molar-refractivity contribution in [2.24, 2.45) is 0 Å². The third kappa shape index (κ3) is 3.49. The second-order valence-electron chi connectivity index (χ2n) is 5.72. The van der Waals surface area contributed by atoms with Crippen LogP contribution in [0.3, 0.4) is 0 Å². The van der Waals surface area contributed by atoms with E-state index in [0.717, 1.165) is 27.7 Å². The van der Waals surface area contributed by atoms with Gasteiger partial charge in [-0.15, -0.1) is 0 Å². The van der Waals surface area contributed by atoms with Crippen LogP contribution in [0, 0.1) is 13.8 Å². The van der Waals surface area contributed by atoms with Crippen molar-refractivity contribution in [2.45, 2.75) is 13.8 Å². The molecular weight excluding hydrogens is 322 g/mol. The van der Waals surface area contributed by atoms with Crippen LogP contribution in [0.2, 0.25) is 5.02 Å². The highest BCUT2D eigenvalue weighted by molar-refractivity contribution is 6.33. The lowest BCUT2D eigenvalue weighted by atomic mass is 10.1. The Morgan fingerprint density at radius 2 is 1.96 bits per heavy atom. The van der Waals surface area contributed by atoms with Crippen molar-refractivity contribution in [1.82, 2.24) is 4.98 Å². The summed E-state index contributed by atoms with van der Waals surface area (Å²) in [4.78, 5) is 16.6. The monoisotopic (exact) mass is 339 g/mol. The first kappa shape index (κ1) is 16.3. The number of carbonyl (C=O) groups excluding carboxylic acids is 1. The maximum absolute atomic E-state index is 12.3. The molecule has 3 rings (SSSR count). The lowest BCUT2D eigenvalue weighted by Gasteiger charge is -2.13. The fraction of sp³-hybridized carbons (Fsp3) is 0.158. The Balaban J connectivity index is 1.72. The van der Waals surface area contributed by atoms with Gasteiger partial charge in [-0.25, -0.2) is 0 Å². The maximum atomic E-state index is 12.3. The summed E-state index contributed by atoms with van der Waals surface area (Å²) in [5, 5.41) is 7.62. The fourth-order valence-corrected chi connectivity index (χ4v) is 3.10. The van der Waals surface area contributed by atoms with Crippen LogP contribution in [-0.2, 0) is 4.79 Å². The number of nitrogens with one attached hydrogen (secondary N) is 2. The van der Waals surface area contributed by atoms with Gasteiger partial charge >= 0.3 is 0 Å². The Bertz CT molecular complexity index is 880. The summed E-state index contributed by atoms with van der Waals surface area (Å²) in [7, 11) is 0. The molecule has 0 spiro atoms. The summed E-state index contributed by atoms with van der Waals surface area (Å²) in [6, 6.07) is 13.4. The summed E-state index contributed by atoms with van der Waals surface area (Å²) in [5.74, 6) is -0.149. The molecule has 1 heterocycles. The van der Waals surface area contributed by atoms with E-state index in [4.69, 9.17) is 11.6 Å². The zero-order chi connectivity index (χ0) is 17.1. The molecule has 0 atom stereocenters. The van der Waals surface area contributed by atoms with Gasteiger partial charge in [-0.05, 0) is 43.2 Å². The van der Waals surface area contributed by atoms with Gasteiger partial charge in [0.2, 0.25) is 5.91 Å². The highest BCUT2D eigenvalue weighted by atomic mass is 35.5. The quantitative estimate of drug-likeness (QED) is 0.732. The predicted molar refractivity (Wildman–Crippen MR) is 99.8 cm³/mol. The Kier molecular flexibility index (Phi) is 4.67. The van der Waals surface area contributed by atoms with Crippen molar-refractivity contribution in [1.29, 1.82) is 0 Å². The summed E-state index contributed by atoms with van der Waals surface area (Å²) in [5.41, 5.74) is 4.37. The molecule has 0 aliphatic carbocycles. The van der Waals surface area contributed by atoms with E-state index in [1.165, 1.54) is 0 Å². The Morgan fingerprint density at radius 1 is 1.17 bits per heavy atom. The lowest BCUT2D eigenvalue weighted by Crippen LogP contribution is -2.22. The number of rotatable bonds is 4. The summed E-state index contributed by atoms with van der Waals surface area (Å²) in [6.07, 6.45) is 1.71. The molecule has 1 aromatic heterocycles. The largest absolute Gasteiger partial charge is 0.375 e. The van der Waals surface area contributed by atoms with Crippen LogP contribution in [0.5, 0.6) is 0 Å². The zero-order valence-electron chi connectivity index (χ0n) is 13.6. The van der Waals surface area contributed by atoms with E-state index in [0.29, 0.717) is 10.7 Å². The average molecular weight is 340 g/mol. The Labute approximate surface area is 145 Å². The molecule has 2 aromatic carbocycles. The van der Waals surface area contributed by atoms with Crippen LogP contribution in [0.25, 0.3) is 10.9 Å². The molecule has 3 aromatic rings. The third-order valence-corrected chi connectivity index (χ3v) is 4.06. The fourth-order valence-electron chi connectivity index (χ4n) is 2.71. The third-order valence-electron chi connectivity index (χ3n) is 3.76. The van der Waals surface area contributed by atoms with Crippen LogP contribution in [0.15, 0.2) is 48.7 Å². The zero-order valence-corrected chi connectivity index (χ0v) is 14.3. The van der Waals surface area contributed by atoms with Gasteiger partial charge in [-0.2, -0.15) is 0 Å². The molecule has 0 aliphatic heterocycles. The second-order valence-corrected chi connectivity index (χ2v) is 6.13. The smallest absolute Gasteiger partial charge is 0.243 e.